The summed E-state index contributed by atoms with van der Waals surface area (Å²) in [6, 6.07) is 11.8. The van der Waals surface area contributed by atoms with Crippen molar-refractivity contribution in [2.75, 3.05) is 16.4 Å². The van der Waals surface area contributed by atoms with Crippen LogP contribution in [0, 0.1) is 12.7 Å². The minimum atomic E-state index is -4.01. The fraction of sp³-hybridized carbons (Fsp3) is 0.222. The van der Waals surface area contributed by atoms with E-state index in [0.717, 1.165) is 17.7 Å². The summed E-state index contributed by atoms with van der Waals surface area (Å²) in [6.07, 6.45) is 0. The van der Waals surface area contributed by atoms with Crippen LogP contribution < -0.4 is 10.6 Å². The Morgan fingerprint density at radius 3 is 2.04 bits per heavy atom. The molecular formula is C18H19FN2O4S. The molecule has 0 saturated heterocycles. The number of sulfone groups is 1. The number of carbonyl (C=O) groups is 2. The normalized spacial score (nSPS) is 12.3. The van der Waals surface area contributed by atoms with Gasteiger partial charge < -0.3 is 10.6 Å². The Labute approximate surface area is 151 Å². The van der Waals surface area contributed by atoms with Crippen molar-refractivity contribution in [1.82, 2.24) is 0 Å². The highest BCUT2D eigenvalue weighted by atomic mass is 32.2. The van der Waals surface area contributed by atoms with Crippen molar-refractivity contribution >= 4 is 33.0 Å². The van der Waals surface area contributed by atoms with Gasteiger partial charge in [-0.2, -0.15) is 0 Å². The molecule has 1 atom stereocenters. The van der Waals surface area contributed by atoms with Gasteiger partial charge in [-0.05, 0) is 50.2 Å². The molecule has 0 aliphatic heterocycles. The van der Waals surface area contributed by atoms with E-state index in [1.54, 1.807) is 24.3 Å². The lowest BCUT2D eigenvalue weighted by Gasteiger charge is -2.13. The summed E-state index contributed by atoms with van der Waals surface area (Å²) in [5.41, 5.74) is 1.74. The molecule has 0 aromatic heterocycles. The van der Waals surface area contributed by atoms with E-state index in [9.17, 15) is 22.4 Å². The number of rotatable bonds is 6. The van der Waals surface area contributed by atoms with Crippen molar-refractivity contribution in [3.05, 3.63) is 59.9 Å². The molecular weight excluding hydrogens is 359 g/mol. The lowest BCUT2D eigenvalue weighted by atomic mass is 10.2. The van der Waals surface area contributed by atoms with Crippen molar-refractivity contribution in [2.45, 2.75) is 19.1 Å². The van der Waals surface area contributed by atoms with Crippen LogP contribution in [-0.4, -0.2) is 31.2 Å². The first-order valence-corrected chi connectivity index (χ1v) is 9.53. The van der Waals surface area contributed by atoms with Crippen LogP contribution in [0.3, 0.4) is 0 Å². The number of amides is 2. The highest BCUT2D eigenvalue weighted by Crippen LogP contribution is 2.13. The summed E-state index contributed by atoms with van der Waals surface area (Å²) >= 11 is 0. The number of anilines is 2. The van der Waals surface area contributed by atoms with Gasteiger partial charge in [-0.25, -0.2) is 12.8 Å². The molecule has 0 aliphatic rings. The highest BCUT2D eigenvalue weighted by Gasteiger charge is 2.30. The molecule has 6 nitrogen and oxygen atoms in total. The summed E-state index contributed by atoms with van der Waals surface area (Å²) in [4.78, 5) is 24.1. The summed E-state index contributed by atoms with van der Waals surface area (Å²) in [5.74, 6) is -2.81. The monoisotopic (exact) mass is 378 g/mol. The zero-order chi connectivity index (χ0) is 19.3. The van der Waals surface area contributed by atoms with Gasteiger partial charge in [0.2, 0.25) is 11.8 Å². The SMILES string of the molecule is Cc1ccc(NC(=O)CS(=O)(=O)C(C)C(=O)Nc2ccc(F)cc2)cc1. The molecule has 2 N–H and O–H groups in total. The van der Waals surface area contributed by atoms with Crippen LogP contribution in [0.5, 0.6) is 0 Å². The average Bonchev–Trinajstić information content (AvgIpc) is 2.57. The van der Waals surface area contributed by atoms with Crippen molar-refractivity contribution < 1.29 is 22.4 Å². The summed E-state index contributed by atoms with van der Waals surface area (Å²) < 4.78 is 37.4. The molecule has 2 aromatic rings. The maximum atomic E-state index is 12.9. The zero-order valence-electron chi connectivity index (χ0n) is 14.3. The van der Waals surface area contributed by atoms with E-state index in [-0.39, 0.29) is 5.69 Å². The lowest BCUT2D eigenvalue weighted by Crippen LogP contribution is -2.37. The molecule has 0 bridgehead atoms. The Kier molecular flexibility index (Phi) is 6.10. The van der Waals surface area contributed by atoms with Gasteiger partial charge in [0, 0.05) is 11.4 Å². The van der Waals surface area contributed by atoms with Gasteiger partial charge in [0.1, 0.15) is 16.8 Å². The molecule has 1 unspecified atom stereocenters. The van der Waals surface area contributed by atoms with Crippen molar-refractivity contribution in [1.29, 1.82) is 0 Å². The minimum absolute atomic E-state index is 0.266. The zero-order valence-corrected chi connectivity index (χ0v) is 15.1. The third-order valence-electron chi connectivity index (χ3n) is 3.69. The van der Waals surface area contributed by atoms with Crippen LogP contribution in [0.2, 0.25) is 0 Å². The first kappa shape index (κ1) is 19.6. The standard InChI is InChI=1S/C18H19FN2O4S/c1-12-3-7-15(8-4-12)20-17(22)11-26(24,25)13(2)18(23)21-16-9-5-14(19)6-10-16/h3-10,13H,11H2,1-2H3,(H,20,22)(H,21,23). The molecule has 2 aromatic carbocycles. The van der Waals surface area contributed by atoms with E-state index in [1.165, 1.54) is 19.1 Å². The number of nitrogens with one attached hydrogen (secondary N) is 2. The van der Waals surface area contributed by atoms with Crippen LogP contribution in [-0.2, 0) is 19.4 Å². The molecule has 26 heavy (non-hydrogen) atoms. The molecule has 2 amide bonds. The quantitative estimate of drug-likeness (QED) is 0.808. The second-order valence-corrected chi connectivity index (χ2v) is 8.18. The second kappa shape index (κ2) is 8.09. The Hall–Kier alpha value is -2.74. The lowest BCUT2D eigenvalue weighted by molar-refractivity contribution is -0.115. The van der Waals surface area contributed by atoms with E-state index in [1.807, 2.05) is 6.92 Å². The maximum Gasteiger partial charge on any atom is 0.242 e. The molecule has 138 valence electrons. The first-order chi connectivity index (χ1) is 12.2. The fourth-order valence-corrected chi connectivity index (χ4v) is 3.15. The predicted octanol–water partition coefficient (Wildman–Crippen LogP) is 2.51. The molecule has 0 heterocycles. The van der Waals surface area contributed by atoms with Crippen molar-refractivity contribution in [2.24, 2.45) is 0 Å². The summed E-state index contributed by atoms with van der Waals surface area (Å²) in [5, 5.41) is 3.44. The molecule has 0 saturated carbocycles. The molecule has 8 heteroatoms. The van der Waals surface area contributed by atoms with Gasteiger partial charge in [-0.1, -0.05) is 17.7 Å². The number of hydrogen-bond donors (Lipinski definition) is 2. The topological polar surface area (TPSA) is 92.3 Å². The highest BCUT2D eigenvalue weighted by molar-refractivity contribution is 7.93. The molecule has 0 aliphatic carbocycles. The van der Waals surface area contributed by atoms with Crippen molar-refractivity contribution in [3.63, 3.8) is 0 Å². The van der Waals surface area contributed by atoms with Gasteiger partial charge in [-0.3, -0.25) is 9.59 Å². The molecule has 0 radical (unpaired) electrons. The smallest absolute Gasteiger partial charge is 0.242 e. The van der Waals surface area contributed by atoms with Gasteiger partial charge in [0.25, 0.3) is 0 Å². The van der Waals surface area contributed by atoms with Gasteiger partial charge in [0.15, 0.2) is 9.84 Å². The Morgan fingerprint density at radius 1 is 0.962 bits per heavy atom. The minimum Gasteiger partial charge on any atom is -0.325 e. The second-order valence-electron chi connectivity index (χ2n) is 5.86. The third kappa shape index (κ3) is 5.38. The largest absolute Gasteiger partial charge is 0.325 e. The van der Waals surface area contributed by atoms with Gasteiger partial charge in [0.05, 0.1) is 0 Å². The average molecular weight is 378 g/mol. The van der Waals surface area contributed by atoms with Crippen LogP contribution in [0.15, 0.2) is 48.5 Å². The summed E-state index contributed by atoms with van der Waals surface area (Å²) in [6.45, 7) is 3.09. The Bertz CT molecular complexity index is 894. The van der Waals surface area contributed by atoms with Crippen LogP contribution in [0.4, 0.5) is 15.8 Å². The summed E-state index contributed by atoms with van der Waals surface area (Å²) in [7, 11) is -4.01. The van der Waals surface area contributed by atoms with Crippen molar-refractivity contribution in [3.8, 4) is 0 Å². The number of halogens is 1. The van der Waals surface area contributed by atoms with E-state index in [2.05, 4.69) is 10.6 Å². The van der Waals surface area contributed by atoms with Crippen LogP contribution in [0.1, 0.15) is 12.5 Å². The van der Waals surface area contributed by atoms with Gasteiger partial charge >= 0.3 is 0 Å². The van der Waals surface area contributed by atoms with E-state index in [0.29, 0.717) is 5.69 Å². The van der Waals surface area contributed by atoms with E-state index in [4.69, 9.17) is 0 Å². The van der Waals surface area contributed by atoms with Gasteiger partial charge in [-0.15, -0.1) is 0 Å². The maximum absolute atomic E-state index is 12.9. The number of carbonyl (C=O) groups excluding carboxylic acids is 2. The molecule has 0 fully saturated rings. The fourth-order valence-electron chi connectivity index (χ4n) is 2.08. The van der Waals surface area contributed by atoms with E-state index >= 15 is 0 Å². The number of aryl methyl sites for hydroxylation is 1. The molecule has 0 spiro atoms. The number of hydrogen-bond acceptors (Lipinski definition) is 4. The predicted molar refractivity (Wildman–Crippen MR) is 98.1 cm³/mol. The molecule has 2 rings (SSSR count). The van der Waals surface area contributed by atoms with Crippen LogP contribution >= 0.6 is 0 Å². The first-order valence-electron chi connectivity index (χ1n) is 7.82. The van der Waals surface area contributed by atoms with Crippen LogP contribution in [0.25, 0.3) is 0 Å². The Morgan fingerprint density at radius 2 is 1.46 bits per heavy atom. The third-order valence-corrected chi connectivity index (χ3v) is 5.64. The Balaban J connectivity index is 1.98. The van der Waals surface area contributed by atoms with E-state index < -0.39 is 38.5 Å². The number of benzene rings is 2.